The molecule has 0 aromatic carbocycles. The maximum Gasteiger partial charge on any atom is 0.304 e. The number of hydrogen-bond acceptors (Lipinski definition) is 5. The lowest BCUT2D eigenvalue weighted by Crippen LogP contribution is -2.61. The lowest BCUT2D eigenvalue weighted by atomic mass is 9.75. The van der Waals surface area contributed by atoms with E-state index in [0.29, 0.717) is 28.5 Å². The van der Waals surface area contributed by atoms with E-state index in [9.17, 15) is 0 Å². The Balaban J connectivity index is 1.41. The van der Waals surface area contributed by atoms with Gasteiger partial charge < -0.3 is 4.74 Å². The van der Waals surface area contributed by atoms with Crippen LogP contribution in [0, 0.1) is 5.92 Å². The van der Waals surface area contributed by atoms with E-state index in [1.54, 1.807) is 6.20 Å². The van der Waals surface area contributed by atoms with Crippen LogP contribution in [-0.4, -0.2) is 54.3 Å². The highest BCUT2D eigenvalue weighted by molar-refractivity contribution is 6.44. The molecule has 21 heavy (non-hydrogen) atoms. The molecule has 1 spiro atoms. The van der Waals surface area contributed by atoms with Gasteiger partial charge in [0.2, 0.25) is 0 Å². The molecule has 0 saturated carbocycles. The summed E-state index contributed by atoms with van der Waals surface area (Å²) in [5.41, 5.74) is 3.06. The van der Waals surface area contributed by atoms with E-state index in [1.807, 2.05) is 11.1 Å². The number of nitrogens with one attached hydrogen (secondary N) is 1. The van der Waals surface area contributed by atoms with Crippen LogP contribution in [0.2, 0.25) is 0 Å². The van der Waals surface area contributed by atoms with Crippen LogP contribution in [0.3, 0.4) is 0 Å². The molecule has 3 saturated heterocycles. The van der Waals surface area contributed by atoms with Gasteiger partial charge in [-0.05, 0) is 32.0 Å². The molecule has 5 nitrogen and oxygen atoms in total. The average Bonchev–Trinajstić information content (AvgIpc) is 2.87. The Bertz CT molecular complexity index is 539. The topological polar surface area (TPSA) is 40.1 Å². The van der Waals surface area contributed by atoms with Crippen molar-refractivity contribution in [2.24, 2.45) is 10.9 Å². The van der Waals surface area contributed by atoms with Gasteiger partial charge >= 0.3 is 6.02 Å². The minimum Gasteiger partial charge on any atom is -0.454 e. The van der Waals surface area contributed by atoms with Crippen LogP contribution in [0.1, 0.15) is 12.8 Å². The molecule has 0 aromatic heterocycles. The third-order valence-corrected chi connectivity index (χ3v) is 5.57. The van der Waals surface area contributed by atoms with Gasteiger partial charge in [0, 0.05) is 18.7 Å². The third kappa shape index (κ3) is 2.41. The van der Waals surface area contributed by atoms with E-state index < -0.39 is 0 Å². The molecule has 2 bridgehead atoms. The SMILES string of the molecule is ClC1=CCN(NC2=NC[C@@]3(CN4CCC3CC4)O2)C=C1Cl. The number of hydrazine groups is 1. The van der Waals surface area contributed by atoms with Crippen molar-refractivity contribution in [3.8, 4) is 0 Å². The van der Waals surface area contributed by atoms with Gasteiger partial charge in [0.05, 0.1) is 23.2 Å². The summed E-state index contributed by atoms with van der Waals surface area (Å²) < 4.78 is 6.22. The first kappa shape index (κ1) is 13.7. The summed E-state index contributed by atoms with van der Waals surface area (Å²) in [7, 11) is 0. The summed E-state index contributed by atoms with van der Waals surface area (Å²) in [5.74, 6) is 0.625. The van der Waals surface area contributed by atoms with Crippen molar-refractivity contribution in [1.29, 1.82) is 0 Å². The van der Waals surface area contributed by atoms with Crippen molar-refractivity contribution < 1.29 is 4.74 Å². The van der Waals surface area contributed by atoms with E-state index in [-0.39, 0.29) is 5.60 Å². The Hall–Kier alpha value is -0.910. The van der Waals surface area contributed by atoms with Gasteiger partial charge in [-0.1, -0.05) is 23.2 Å². The third-order valence-electron chi connectivity index (χ3n) is 4.82. The zero-order valence-corrected chi connectivity index (χ0v) is 13.2. The van der Waals surface area contributed by atoms with E-state index in [2.05, 4.69) is 15.3 Å². The van der Waals surface area contributed by atoms with Crippen molar-refractivity contribution in [1.82, 2.24) is 15.3 Å². The summed E-state index contributed by atoms with van der Waals surface area (Å²) in [5, 5.41) is 2.94. The van der Waals surface area contributed by atoms with Gasteiger partial charge in [-0.2, -0.15) is 0 Å². The smallest absolute Gasteiger partial charge is 0.304 e. The largest absolute Gasteiger partial charge is 0.454 e. The minimum atomic E-state index is -0.115. The Morgan fingerprint density at radius 1 is 1.29 bits per heavy atom. The number of amidine groups is 1. The summed E-state index contributed by atoms with van der Waals surface area (Å²) in [4.78, 5) is 7.04. The molecule has 0 unspecified atom stereocenters. The molecule has 5 aliphatic heterocycles. The molecule has 7 heteroatoms. The Morgan fingerprint density at radius 3 is 2.76 bits per heavy atom. The lowest BCUT2D eigenvalue weighted by Gasteiger charge is -2.50. The van der Waals surface area contributed by atoms with Gasteiger partial charge in [-0.3, -0.25) is 15.3 Å². The monoisotopic (exact) mass is 328 g/mol. The Kier molecular flexibility index (Phi) is 3.32. The predicted octanol–water partition coefficient (Wildman–Crippen LogP) is 1.86. The molecular formula is C14H18Cl2N4O. The predicted molar refractivity (Wildman–Crippen MR) is 83.0 cm³/mol. The molecule has 1 N–H and O–H groups in total. The maximum atomic E-state index is 6.22. The molecular weight excluding hydrogens is 311 g/mol. The van der Waals surface area contributed by atoms with E-state index in [1.165, 1.54) is 25.9 Å². The summed E-state index contributed by atoms with van der Waals surface area (Å²) >= 11 is 12.0. The van der Waals surface area contributed by atoms with Gasteiger partial charge in [0.15, 0.2) is 0 Å². The van der Waals surface area contributed by atoms with Gasteiger partial charge in [-0.15, -0.1) is 0 Å². The first-order valence-electron chi connectivity index (χ1n) is 7.37. The second kappa shape index (κ2) is 5.07. The molecule has 0 radical (unpaired) electrons. The normalized spacial score (nSPS) is 38.0. The molecule has 5 heterocycles. The highest BCUT2D eigenvalue weighted by Crippen LogP contribution is 2.40. The summed E-state index contributed by atoms with van der Waals surface area (Å²) in [6, 6.07) is 0.593. The number of fused-ring (bicyclic) bond motifs is 2. The molecule has 3 fully saturated rings. The number of halogens is 2. The summed E-state index contributed by atoms with van der Waals surface area (Å²) in [6.07, 6.45) is 6.06. The van der Waals surface area contributed by atoms with Crippen LogP contribution < -0.4 is 5.43 Å². The number of ether oxygens (including phenoxy) is 1. The average molecular weight is 329 g/mol. The van der Waals surface area contributed by atoms with Crippen LogP contribution in [0.4, 0.5) is 0 Å². The number of aliphatic imine (C=N–C) groups is 1. The number of nitrogens with zero attached hydrogens (tertiary/aromatic N) is 3. The second-order valence-corrected chi connectivity index (χ2v) is 6.95. The van der Waals surface area contributed by atoms with Gasteiger partial charge in [0.1, 0.15) is 5.60 Å². The summed E-state index contributed by atoms with van der Waals surface area (Å²) in [6.45, 7) is 4.78. The van der Waals surface area contributed by atoms with E-state index in [0.717, 1.165) is 13.1 Å². The fraction of sp³-hybridized carbons (Fsp3) is 0.643. The van der Waals surface area contributed by atoms with Crippen LogP contribution >= 0.6 is 23.2 Å². The zero-order chi connectivity index (χ0) is 14.4. The molecule has 5 aliphatic rings. The molecule has 0 amide bonds. The quantitative estimate of drug-likeness (QED) is 0.797. The molecule has 5 rings (SSSR count). The minimum absolute atomic E-state index is 0.115. The van der Waals surface area contributed by atoms with E-state index in [4.69, 9.17) is 27.9 Å². The number of rotatable bonds is 1. The van der Waals surface area contributed by atoms with Crippen molar-refractivity contribution >= 4 is 29.2 Å². The van der Waals surface area contributed by atoms with Crippen LogP contribution in [0.15, 0.2) is 27.3 Å². The maximum absolute atomic E-state index is 6.22. The van der Waals surface area contributed by atoms with Crippen LogP contribution in [-0.2, 0) is 4.74 Å². The highest BCUT2D eigenvalue weighted by Gasteiger charge is 2.51. The Labute approximate surface area is 134 Å². The van der Waals surface area contributed by atoms with Crippen molar-refractivity contribution in [2.45, 2.75) is 18.4 Å². The van der Waals surface area contributed by atoms with E-state index >= 15 is 0 Å². The fourth-order valence-corrected chi connectivity index (χ4v) is 3.98. The Morgan fingerprint density at radius 2 is 2.10 bits per heavy atom. The molecule has 0 aliphatic carbocycles. The van der Waals surface area contributed by atoms with Crippen molar-refractivity contribution in [3.63, 3.8) is 0 Å². The van der Waals surface area contributed by atoms with Crippen molar-refractivity contribution in [3.05, 3.63) is 22.3 Å². The fourth-order valence-electron chi connectivity index (χ4n) is 3.67. The number of allylic oxidation sites excluding steroid dienone is 2. The second-order valence-electron chi connectivity index (χ2n) is 6.13. The first-order valence-corrected chi connectivity index (χ1v) is 8.13. The van der Waals surface area contributed by atoms with Crippen LogP contribution in [0.25, 0.3) is 0 Å². The standard InChI is InChI=1S/C14H18Cl2N4O/c15-11-3-6-20(7-12(11)16)18-13-17-8-14(21-13)9-19-4-1-10(14)2-5-19/h3,7,10H,1-2,4-6,8-9H2,(H,17,18)/t14-/m0/s1. The number of hydrogen-bond donors (Lipinski definition) is 1. The van der Waals surface area contributed by atoms with Gasteiger partial charge in [0.25, 0.3) is 0 Å². The van der Waals surface area contributed by atoms with Gasteiger partial charge in [-0.25, -0.2) is 4.99 Å². The molecule has 0 aromatic rings. The molecule has 1 atom stereocenters. The number of piperidine rings is 3. The lowest BCUT2D eigenvalue weighted by molar-refractivity contribution is -0.0861. The molecule has 114 valence electrons. The first-order chi connectivity index (χ1) is 10.1. The highest BCUT2D eigenvalue weighted by atomic mass is 35.5. The zero-order valence-electron chi connectivity index (χ0n) is 11.7. The van der Waals surface area contributed by atoms with Crippen molar-refractivity contribution in [2.75, 3.05) is 32.7 Å². The van der Waals surface area contributed by atoms with Crippen LogP contribution in [0.5, 0.6) is 0 Å².